The molecule has 2 nitrogen and oxygen atoms in total. The van der Waals surface area contributed by atoms with Crippen molar-refractivity contribution in [1.29, 1.82) is 5.26 Å². The molecule has 0 aliphatic rings. The van der Waals surface area contributed by atoms with Gasteiger partial charge in [-0.15, -0.1) is 0 Å². The Morgan fingerprint density at radius 3 is 2.79 bits per heavy atom. The van der Waals surface area contributed by atoms with Crippen molar-refractivity contribution in [3.8, 4) is 6.07 Å². The summed E-state index contributed by atoms with van der Waals surface area (Å²) in [6.07, 6.45) is 0. The van der Waals surface area contributed by atoms with Gasteiger partial charge in [-0.1, -0.05) is 12.1 Å². The van der Waals surface area contributed by atoms with Gasteiger partial charge in [0.25, 0.3) is 0 Å². The van der Waals surface area contributed by atoms with Crippen LogP contribution in [0.25, 0.3) is 10.9 Å². The summed E-state index contributed by atoms with van der Waals surface area (Å²) in [5, 5.41) is 9.94. The molecular formula is C12H10N2. The van der Waals surface area contributed by atoms with E-state index in [2.05, 4.69) is 17.1 Å². The molecule has 0 radical (unpaired) electrons. The maximum atomic E-state index is 8.91. The van der Waals surface area contributed by atoms with Crippen LogP contribution >= 0.6 is 0 Å². The summed E-state index contributed by atoms with van der Waals surface area (Å²) in [5.41, 5.74) is 3.59. The van der Waals surface area contributed by atoms with Crippen LogP contribution in [0, 0.1) is 25.2 Å². The normalized spacial score (nSPS) is 10.1. The third kappa shape index (κ3) is 1.23. The van der Waals surface area contributed by atoms with Gasteiger partial charge in [-0.3, -0.25) is 4.98 Å². The van der Waals surface area contributed by atoms with E-state index in [1.54, 1.807) is 6.07 Å². The van der Waals surface area contributed by atoms with Gasteiger partial charge in [0.15, 0.2) is 0 Å². The number of rotatable bonds is 0. The number of nitrogens with zero attached hydrogens (tertiary/aromatic N) is 2. The van der Waals surface area contributed by atoms with E-state index in [1.807, 2.05) is 26.0 Å². The van der Waals surface area contributed by atoms with Gasteiger partial charge in [-0.2, -0.15) is 5.26 Å². The van der Waals surface area contributed by atoms with Crippen molar-refractivity contribution < 1.29 is 0 Å². The Morgan fingerprint density at radius 1 is 1.29 bits per heavy atom. The molecule has 0 aliphatic carbocycles. The van der Waals surface area contributed by atoms with Crippen LogP contribution in [-0.2, 0) is 0 Å². The second-order valence-electron chi connectivity index (χ2n) is 3.38. The summed E-state index contributed by atoms with van der Waals surface area (Å²) in [6, 6.07) is 9.89. The molecule has 0 bridgehead atoms. The summed E-state index contributed by atoms with van der Waals surface area (Å²) >= 11 is 0. The number of nitriles is 1. The fourth-order valence-electron chi connectivity index (χ4n) is 1.49. The van der Waals surface area contributed by atoms with E-state index in [0.717, 1.165) is 22.2 Å². The fraction of sp³-hybridized carbons (Fsp3) is 0.167. The molecule has 0 spiro atoms. The lowest BCUT2D eigenvalue weighted by atomic mass is 10.1. The van der Waals surface area contributed by atoms with E-state index in [1.165, 1.54) is 0 Å². The molecule has 0 N–H and O–H groups in total. The van der Waals surface area contributed by atoms with Gasteiger partial charge in [0.2, 0.25) is 0 Å². The monoisotopic (exact) mass is 182 g/mol. The van der Waals surface area contributed by atoms with E-state index in [4.69, 9.17) is 5.26 Å². The average Bonchev–Trinajstić information content (AvgIpc) is 2.19. The Morgan fingerprint density at radius 2 is 2.07 bits per heavy atom. The van der Waals surface area contributed by atoms with Gasteiger partial charge in [-0.25, -0.2) is 0 Å². The van der Waals surface area contributed by atoms with Crippen LogP contribution in [0.5, 0.6) is 0 Å². The van der Waals surface area contributed by atoms with E-state index < -0.39 is 0 Å². The van der Waals surface area contributed by atoms with Gasteiger partial charge in [-0.05, 0) is 31.5 Å². The minimum absolute atomic E-state index is 0.644. The molecule has 0 aliphatic heterocycles. The van der Waals surface area contributed by atoms with Crippen molar-refractivity contribution in [2.24, 2.45) is 0 Å². The molecule has 2 heteroatoms. The standard InChI is InChI=1S/C12H10N2/c1-8-6-10-4-3-5-11(7-13)12(10)14-9(8)2/h3-6H,1-2H3. The lowest BCUT2D eigenvalue weighted by molar-refractivity contribution is 1.19. The lowest BCUT2D eigenvalue weighted by Crippen LogP contribution is -1.90. The van der Waals surface area contributed by atoms with Gasteiger partial charge >= 0.3 is 0 Å². The Balaban J connectivity index is 2.90. The van der Waals surface area contributed by atoms with Crippen LogP contribution in [0.3, 0.4) is 0 Å². The summed E-state index contributed by atoms with van der Waals surface area (Å²) in [5.74, 6) is 0. The lowest BCUT2D eigenvalue weighted by Gasteiger charge is -2.03. The molecule has 2 aromatic rings. The first-order valence-corrected chi connectivity index (χ1v) is 4.49. The zero-order chi connectivity index (χ0) is 10.1. The van der Waals surface area contributed by atoms with Gasteiger partial charge < -0.3 is 0 Å². The van der Waals surface area contributed by atoms with E-state index in [0.29, 0.717) is 5.56 Å². The van der Waals surface area contributed by atoms with E-state index >= 15 is 0 Å². The van der Waals surface area contributed by atoms with Crippen molar-refractivity contribution in [1.82, 2.24) is 4.98 Å². The maximum Gasteiger partial charge on any atom is 0.101 e. The van der Waals surface area contributed by atoms with Crippen LogP contribution in [0.1, 0.15) is 16.8 Å². The number of aryl methyl sites for hydroxylation is 2. The van der Waals surface area contributed by atoms with E-state index in [-0.39, 0.29) is 0 Å². The second-order valence-corrected chi connectivity index (χ2v) is 3.38. The summed E-state index contributed by atoms with van der Waals surface area (Å²) in [4.78, 5) is 4.42. The average molecular weight is 182 g/mol. The van der Waals surface area contributed by atoms with Crippen molar-refractivity contribution in [2.45, 2.75) is 13.8 Å². The molecule has 0 amide bonds. The van der Waals surface area contributed by atoms with Crippen molar-refractivity contribution in [3.05, 3.63) is 41.1 Å². The molecule has 2 rings (SSSR count). The Labute approximate surface area is 82.8 Å². The third-order valence-corrected chi connectivity index (χ3v) is 2.41. The van der Waals surface area contributed by atoms with Crippen LogP contribution in [0.2, 0.25) is 0 Å². The van der Waals surface area contributed by atoms with Gasteiger partial charge in [0.05, 0.1) is 11.1 Å². The van der Waals surface area contributed by atoms with Crippen LogP contribution < -0.4 is 0 Å². The Bertz CT molecular complexity index is 536. The fourth-order valence-corrected chi connectivity index (χ4v) is 1.49. The van der Waals surface area contributed by atoms with Crippen molar-refractivity contribution in [3.63, 3.8) is 0 Å². The zero-order valence-corrected chi connectivity index (χ0v) is 8.20. The van der Waals surface area contributed by atoms with Gasteiger partial charge in [0.1, 0.15) is 6.07 Å². The molecule has 0 saturated carbocycles. The molecule has 0 atom stereocenters. The Kier molecular flexibility index (Phi) is 1.94. The molecular weight excluding hydrogens is 172 g/mol. The topological polar surface area (TPSA) is 36.7 Å². The molecule has 0 saturated heterocycles. The molecule has 14 heavy (non-hydrogen) atoms. The third-order valence-electron chi connectivity index (χ3n) is 2.41. The minimum atomic E-state index is 0.644. The highest BCUT2D eigenvalue weighted by molar-refractivity contribution is 5.84. The predicted molar refractivity (Wildman–Crippen MR) is 55.9 cm³/mol. The largest absolute Gasteiger partial charge is 0.251 e. The first-order chi connectivity index (χ1) is 6.72. The number of para-hydroxylation sites is 1. The molecule has 0 unspecified atom stereocenters. The quantitative estimate of drug-likeness (QED) is 0.628. The molecule has 68 valence electrons. The predicted octanol–water partition coefficient (Wildman–Crippen LogP) is 2.72. The van der Waals surface area contributed by atoms with E-state index in [9.17, 15) is 0 Å². The molecule has 0 fully saturated rings. The minimum Gasteiger partial charge on any atom is -0.251 e. The van der Waals surface area contributed by atoms with Gasteiger partial charge in [0, 0.05) is 11.1 Å². The van der Waals surface area contributed by atoms with Crippen molar-refractivity contribution in [2.75, 3.05) is 0 Å². The summed E-state index contributed by atoms with van der Waals surface area (Å²) < 4.78 is 0. The first-order valence-electron chi connectivity index (χ1n) is 4.49. The molecule has 1 aromatic carbocycles. The SMILES string of the molecule is Cc1cc2cccc(C#N)c2nc1C. The number of aromatic nitrogens is 1. The first kappa shape index (κ1) is 8.71. The maximum absolute atomic E-state index is 8.91. The second kappa shape index (κ2) is 3.12. The Hall–Kier alpha value is -1.88. The van der Waals surface area contributed by atoms with Crippen LogP contribution in [0.4, 0.5) is 0 Å². The molecule has 1 aromatic heterocycles. The van der Waals surface area contributed by atoms with Crippen LogP contribution in [0.15, 0.2) is 24.3 Å². The number of pyridine rings is 1. The highest BCUT2D eigenvalue weighted by atomic mass is 14.7. The number of hydrogen-bond acceptors (Lipinski definition) is 2. The zero-order valence-electron chi connectivity index (χ0n) is 8.20. The van der Waals surface area contributed by atoms with Crippen molar-refractivity contribution >= 4 is 10.9 Å². The summed E-state index contributed by atoms with van der Waals surface area (Å²) in [6.45, 7) is 3.99. The number of fused-ring (bicyclic) bond motifs is 1. The summed E-state index contributed by atoms with van der Waals surface area (Å²) in [7, 11) is 0. The highest BCUT2D eigenvalue weighted by Gasteiger charge is 2.03. The smallest absolute Gasteiger partial charge is 0.101 e. The number of benzene rings is 1. The molecule has 1 heterocycles. The number of hydrogen-bond donors (Lipinski definition) is 0. The highest BCUT2D eigenvalue weighted by Crippen LogP contribution is 2.18. The van der Waals surface area contributed by atoms with Crippen LogP contribution in [-0.4, -0.2) is 4.98 Å².